The highest BCUT2D eigenvalue weighted by Gasteiger charge is 2.67. The molecule has 4 bridgehead atoms. The van der Waals surface area contributed by atoms with Crippen molar-refractivity contribution in [3.8, 4) is 0 Å². The van der Waals surface area contributed by atoms with E-state index in [2.05, 4.69) is 19.1 Å². The average molecular weight is 304 g/mol. The SMILES string of the molecule is CCOC(=O)COC(=O)C1(C)CC2CC1C1C3C=CC(C3)C21. The van der Waals surface area contributed by atoms with Crippen molar-refractivity contribution >= 4 is 11.9 Å². The number of hydrogen-bond donors (Lipinski definition) is 0. The molecular formula is C18H24O4. The third-order valence-electron chi connectivity index (χ3n) is 6.75. The Morgan fingerprint density at radius 2 is 1.86 bits per heavy atom. The van der Waals surface area contributed by atoms with E-state index in [-0.39, 0.29) is 12.6 Å². The zero-order valence-corrected chi connectivity index (χ0v) is 13.3. The summed E-state index contributed by atoms with van der Waals surface area (Å²) in [6, 6.07) is 0. The molecule has 0 amide bonds. The lowest BCUT2D eigenvalue weighted by Crippen LogP contribution is -2.43. The molecule has 0 aliphatic heterocycles. The van der Waals surface area contributed by atoms with Gasteiger partial charge in [0.25, 0.3) is 0 Å². The summed E-state index contributed by atoms with van der Waals surface area (Å²) in [4.78, 5) is 24.0. The number of hydrogen-bond acceptors (Lipinski definition) is 4. The Hall–Kier alpha value is -1.32. The van der Waals surface area contributed by atoms with Gasteiger partial charge in [0.1, 0.15) is 0 Å². The monoisotopic (exact) mass is 304 g/mol. The lowest BCUT2D eigenvalue weighted by atomic mass is 9.63. The van der Waals surface area contributed by atoms with E-state index in [0.29, 0.717) is 30.3 Å². The van der Waals surface area contributed by atoms with Gasteiger partial charge in [-0.1, -0.05) is 12.2 Å². The van der Waals surface area contributed by atoms with Crippen molar-refractivity contribution in [2.75, 3.05) is 13.2 Å². The van der Waals surface area contributed by atoms with Crippen molar-refractivity contribution in [3.05, 3.63) is 12.2 Å². The summed E-state index contributed by atoms with van der Waals surface area (Å²) >= 11 is 0. The standard InChI is InChI=1S/C18H24O4/c1-3-21-14(19)9-22-17(20)18(2)8-12-7-13(18)16-11-5-4-10(6-11)15(12)16/h4-5,10-13,15-16H,3,6-9H2,1-2H3. The Balaban J connectivity index is 1.46. The molecule has 0 aromatic carbocycles. The van der Waals surface area contributed by atoms with Crippen LogP contribution >= 0.6 is 0 Å². The van der Waals surface area contributed by atoms with Crippen molar-refractivity contribution in [1.82, 2.24) is 0 Å². The Kier molecular flexibility index (Phi) is 3.14. The molecule has 22 heavy (non-hydrogen) atoms. The van der Waals surface area contributed by atoms with Crippen LogP contribution in [-0.2, 0) is 19.1 Å². The minimum absolute atomic E-state index is 0.196. The molecular weight excluding hydrogens is 280 g/mol. The Labute approximate surface area is 131 Å². The summed E-state index contributed by atoms with van der Waals surface area (Å²) in [6.45, 7) is 3.87. The van der Waals surface area contributed by atoms with Crippen LogP contribution in [0.1, 0.15) is 33.1 Å². The van der Waals surface area contributed by atoms with Crippen molar-refractivity contribution in [1.29, 1.82) is 0 Å². The fourth-order valence-electron chi connectivity index (χ4n) is 6.10. The van der Waals surface area contributed by atoms with Crippen LogP contribution in [0.2, 0.25) is 0 Å². The van der Waals surface area contributed by atoms with Gasteiger partial charge in [0.05, 0.1) is 12.0 Å². The second-order valence-corrected chi connectivity index (χ2v) is 7.71. The van der Waals surface area contributed by atoms with Gasteiger partial charge in [0.15, 0.2) is 6.61 Å². The molecule has 0 aromatic heterocycles. The zero-order valence-electron chi connectivity index (χ0n) is 13.3. The summed E-state index contributed by atoms with van der Waals surface area (Å²) in [5.41, 5.74) is -0.406. The molecule has 0 radical (unpaired) electrons. The van der Waals surface area contributed by atoms with Gasteiger partial charge in [0.2, 0.25) is 0 Å². The number of rotatable bonds is 4. The lowest BCUT2D eigenvalue weighted by Gasteiger charge is -2.41. The third-order valence-corrected chi connectivity index (χ3v) is 6.75. The third kappa shape index (κ3) is 1.82. The van der Waals surface area contributed by atoms with Crippen LogP contribution in [0.3, 0.4) is 0 Å². The van der Waals surface area contributed by atoms with Crippen LogP contribution in [0, 0.1) is 40.9 Å². The van der Waals surface area contributed by atoms with Crippen molar-refractivity contribution in [2.45, 2.75) is 33.1 Å². The molecule has 3 fully saturated rings. The first-order chi connectivity index (χ1) is 10.5. The molecule has 7 atom stereocenters. The van der Waals surface area contributed by atoms with E-state index >= 15 is 0 Å². The van der Waals surface area contributed by atoms with Gasteiger partial charge >= 0.3 is 11.9 Å². The molecule has 120 valence electrons. The first-order valence-electron chi connectivity index (χ1n) is 8.55. The van der Waals surface area contributed by atoms with E-state index in [9.17, 15) is 9.59 Å². The summed E-state index contributed by atoms with van der Waals surface area (Å²) in [6.07, 6.45) is 8.16. The maximum absolute atomic E-state index is 12.6. The molecule has 3 saturated carbocycles. The minimum Gasteiger partial charge on any atom is -0.463 e. The van der Waals surface area contributed by atoms with E-state index in [4.69, 9.17) is 9.47 Å². The van der Waals surface area contributed by atoms with Crippen LogP contribution in [-0.4, -0.2) is 25.2 Å². The molecule has 0 saturated heterocycles. The van der Waals surface area contributed by atoms with Gasteiger partial charge in [-0.25, -0.2) is 4.79 Å². The molecule has 4 aliphatic carbocycles. The average Bonchev–Trinajstić information content (AvgIpc) is 3.22. The minimum atomic E-state index is -0.455. The van der Waals surface area contributed by atoms with Gasteiger partial charge in [-0.3, -0.25) is 4.79 Å². The van der Waals surface area contributed by atoms with Gasteiger partial charge in [-0.2, -0.15) is 0 Å². The van der Waals surface area contributed by atoms with E-state index in [1.807, 2.05) is 0 Å². The number of ether oxygens (including phenoxy) is 2. The van der Waals surface area contributed by atoms with Gasteiger partial charge in [0, 0.05) is 0 Å². The summed E-state index contributed by atoms with van der Waals surface area (Å²) in [7, 11) is 0. The van der Waals surface area contributed by atoms with Crippen LogP contribution in [0.25, 0.3) is 0 Å². The highest BCUT2D eigenvalue weighted by Crippen LogP contribution is 2.70. The second kappa shape index (κ2) is 4.84. The molecule has 0 N–H and O–H groups in total. The topological polar surface area (TPSA) is 52.6 Å². The fourth-order valence-corrected chi connectivity index (χ4v) is 6.10. The van der Waals surface area contributed by atoms with Crippen molar-refractivity contribution in [3.63, 3.8) is 0 Å². The maximum Gasteiger partial charge on any atom is 0.344 e. The highest BCUT2D eigenvalue weighted by molar-refractivity contribution is 5.81. The molecule has 4 heteroatoms. The molecule has 7 unspecified atom stereocenters. The Morgan fingerprint density at radius 3 is 2.59 bits per heavy atom. The van der Waals surface area contributed by atoms with E-state index < -0.39 is 11.4 Å². The normalized spacial score (nSPS) is 46.8. The Morgan fingerprint density at radius 1 is 1.14 bits per heavy atom. The molecule has 4 nitrogen and oxygen atoms in total. The molecule has 4 aliphatic rings. The van der Waals surface area contributed by atoms with Gasteiger partial charge in [-0.15, -0.1) is 0 Å². The van der Waals surface area contributed by atoms with Crippen LogP contribution in [0.4, 0.5) is 0 Å². The smallest absolute Gasteiger partial charge is 0.344 e. The van der Waals surface area contributed by atoms with Crippen molar-refractivity contribution in [2.24, 2.45) is 40.9 Å². The van der Waals surface area contributed by atoms with Crippen molar-refractivity contribution < 1.29 is 19.1 Å². The maximum atomic E-state index is 12.6. The highest BCUT2D eigenvalue weighted by atomic mass is 16.6. The first-order valence-corrected chi connectivity index (χ1v) is 8.55. The summed E-state index contributed by atoms with van der Waals surface area (Å²) < 4.78 is 10.1. The number of allylic oxidation sites excluding steroid dienone is 2. The predicted octanol–water partition coefficient (Wildman–Crippen LogP) is 2.58. The number of carbonyl (C=O) groups excluding carboxylic acids is 2. The van der Waals surface area contributed by atoms with Crippen LogP contribution in [0.5, 0.6) is 0 Å². The quantitative estimate of drug-likeness (QED) is 0.455. The number of fused-ring (bicyclic) bond motifs is 9. The molecule has 4 rings (SSSR count). The largest absolute Gasteiger partial charge is 0.463 e. The van der Waals surface area contributed by atoms with Crippen LogP contribution in [0.15, 0.2) is 12.2 Å². The van der Waals surface area contributed by atoms with Gasteiger partial charge < -0.3 is 9.47 Å². The molecule has 0 aromatic rings. The van der Waals surface area contributed by atoms with E-state index in [0.717, 1.165) is 24.7 Å². The van der Waals surface area contributed by atoms with Gasteiger partial charge in [-0.05, 0) is 68.6 Å². The van der Waals surface area contributed by atoms with E-state index in [1.165, 1.54) is 6.42 Å². The molecule has 0 heterocycles. The summed E-state index contributed by atoms with van der Waals surface area (Å²) in [5.74, 6) is 3.32. The van der Waals surface area contributed by atoms with E-state index in [1.54, 1.807) is 6.92 Å². The fraction of sp³-hybridized carbons (Fsp3) is 0.778. The number of carbonyl (C=O) groups is 2. The second-order valence-electron chi connectivity index (χ2n) is 7.71. The predicted molar refractivity (Wildman–Crippen MR) is 79.6 cm³/mol. The lowest BCUT2D eigenvalue weighted by molar-refractivity contribution is -0.168. The first kappa shape index (κ1) is 14.3. The Bertz CT molecular complexity index is 539. The summed E-state index contributed by atoms with van der Waals surface area (Å²) in [5, 5.41) is 0. The number of esters is 2. The van der Waals surface area contributed by atoms with Crippen LogP contribution < -0.4 is 0 Å². The zero-order chi connectivity index (χ0) is 15.5. The molecule has 0 spiro atoms.